The highest BCUT2D eigenvalue weighted by Crippen LogP contribution is 2.34. The summed E-state index contributed by atoms with van der Waals surface area (Å²) in [4.78, 5) is 14.2. The third-order valence-electron chi connectivity index (χ3n) is 6.29. The number of hydrogen-bond acceptors (Lipinski definition) is 3. The normalized spacial score (nSPS) is 11.9. The van der Waals surface area contributed by atoms with Gasteiger partial charge < -0.3 is 0 Å². The molecule has 6 rings (SSSR count). The lowest BCUT2D eigenvalue weighted by molar-refractivity contribution is 0.946. The minimum absolute atomic E-state index is 0.752. The van der Waals surface area contributed by atoms with Crippen LogP contribution in [-0.2, 0) is 0 Å². The molecule has 4 aromatic heterocycles. The summed E-state index contributed by atoms with van der Waals surface area (Å²) in [5.41, 5.74) is 10.7. The van der Waals surface area contributed by atoms with Crippen LogP contribution in [0.1, 0.15) is 28.6 Å². The number of nitrogens with zero attached hydrogens (tertiary/aromatic N) is 6. The molecule has 6 heteroatoms. The lowest BCUT2D eigenvalue weighted by Crippen LogP contribution is -2.08. The topological polar surface area (TPSA) is 52.9 Å². The van der Waals surface area contributed by atoms with Crippen molar-refractivity contribution in [1.29, 1.82) is 0 Å². The number of aromatic nitrogens is 6. The molecule has 2 aromatic carbocycles. The number of imidazole rings is 2. The van der Waals surface area contributed by atoms with Gasteiger partial charge in [0.15, 0.2) is 5.65 Å². The van der Waals surface area contributed by atoms with Gasteiger partial charge in [0.05, 0.1) is 28.1 Å². The Kier molecular flexibility index (Phi) is 3.84. The molecule has 0 amide bonds. The second kappa shape index (κ2) is 6.53. The summed E-state index contributed by atoms with van der Waals surface area (Å²) < 4.78 is 6.84. The number of hydrogen-bond donors (Lipinski definition) is 0. The van der Waals surface area contributed by atoms with Gasteiger partial charge in [0.1, 0.15) is 22.8 Å². The van der Waals surface area contributed by atoms with Gasteiger partial charge in [0.2, 0.25) is 0 Å². The standard InChI is InChI=1S/C26H24N6/c1-15-9-8-12-22(25(15)31-19(5)29-24-17(3)27-18(4)28-26(24)31)32-21-11-7-6-10-20(21)30-16(2)13-14-23(30)32/h6-14H,1-5H3. The van der Waals surface area contributed by atoms with E-state index < -0.39 is 0 Å². The highest BCUT2D eigenvalue weighted by molar-refractivity contribution is 5.87. The first-order valence-corrected chi connectivity index (χ1v) is 10.8. The fourth-order valence-electron chi connectivity index (χ4n) is 4.95. The Morgan fingerprint density at radius 1 is 0.688 bits per heavy atom. The molecule has 0 N–H and O–H groups in total. The molecular formula is C26H24N6. The van der Waals surface area contributed by atoms with Crippen molar-refractivity contribution in [2.45, 2.75) is 34.6 Å². The molecule has 6 aromatic rings. The second-order valence-corrected chi connectivity index (χ2v) is 8.46. The van der Waals surface area contributed by atoms with Gasteiger partial charge in [-0.05, 0) is 70.5 Å². The molecule has 0 saturated carbocycles. The van der Waals surface area contributed by atoms with E-state index in [2.05, 4.69) is 87.0 Å². The molecule has 4 heterocycles. The Labute approximate surface area is 185 Å². The highest BCUT2D eigenvalue weighted by atomic mass is 15.2. The monoisotopic (exact) mass is 420 g/mol. The lowest BCUT2D eigenvalue weighted by Gasteiger charge is -2.17. The smallest absolute Gasteiger partial charge is 0.168 e. The van der Waals surface area contributed by atoms with Crippen molar-refractivity contribution in [3.63, 3.8) is 0 Å². The summed E-state index contributed by atoms with van der Waals surface area (Å²) >= 11 is 0. The summed E-state index contributed by atoms with van der Waals surface area (Å²) in [7, 11) is 0. The van der Waals surface area contributed by atoms with Crippen molar-refractivity contribution in [3.8, 4) is 11.4 Å². The van der Waals surface area contributed by atoms with Gasteiger partial charge >= 0.3 is 0 Å². The molecule has 6 nitrogen and oxygen atoms in total. The van der Waals surface area contributed by atoms with E-state index in [0.717, 1.165) is 51.1 Å². The number of para-hydroxylation sites is 3. The average Bonchev–Trinajstić information content (AvgIpc) is 3.40. The van der Waals surface area contributed by atoms with Crippen molar-refractivity contribution in [1.82, 2.24) is 28.5 Å². The van der Waals surface area contributed by atoms with Crippen LogP contribution < -0.4 is 0 Å². The van der Waals surface area contributed by atoms with Crippen LogP contribution in [0.15, 0.2) is 54.6 Å². The summed E-state index contributed by atoms with van der Waals surface area (Å²) in [5, 5.41) is 0. The molecule has 0 spiro atoms. The molecule has 0 aliphatic carbocycles. The predicted octanol–water partition coefficient (Wildman–Crippen LogP) is 5.55. The third-order valence-corrected chi connectivity index (χ3v) is 6.29. The van der Waals surface area contributed by atoms with Crippen LogP contribution in [0.5, 0.6) is 0 Å². The first kappa shape index (κ1) is 18.8. The van der Waals surface area contributed by atoms with E-state index in [9.17, 15) is 0 Å². The van der Waals surface area contributed by atoms with Crippen LogP contribution in [-0.4, -0.2) is 28.5 Å². The Hall–Kier alpha value is -3.93. The highest BCUT2D eigenvalue weighted by Gasteiger charge is 2.21. The van der Waals surface area contributed by atoms with Crippen molar-refractivity contribution < 1.29 is 0 Å². The molecule has 0 unspecified atom stereocenters. The number of aryl methyl sites for hydroxylation is 5. The van der Waals surface area contributed by atoms with E-state index in [-0.39, 0.29) is 0 Å². The Morgan fingerprint density at radius 3 is 2.28 bits per heavy atom. The maximum Gasteiger partial charge on any atom is 0.168 e. The van der Waals surface area contributed by atoms with Crippen molar-refractivity contribution in [2.24, 2.45) is 0 Å². The predicted molar refractivity (Wildman–Crippen MR) is 128 cm³/mol. The summed E-state index contributed by atoms with van der Waals surface area (Å²) in [6.07, 6.45) is 0. The quantitative estimate of drug-likeness (QED) is 0.369. The van der Waals surface area contributed by atoms with Crippen LogP contribution in [0, 0.1) is 34.6 Å². The maximum atomic E-state index is 4.85. The molecule has 0 radical (unpaired) electrons. The van der Waals surface area contributed by atoms with E-state index in [0.29, 0.717) is 0 Å². The van der Waals surface area contributed by atoms with E-state index in [1.54, 1.807) is 0 Å². The van der Waals surface area contributed by atoms with Crippen molar-refractivity contribution >= 4 is 27.8 Å². The second-order valence-electron chi connectivity index (χ2n) is 8.46. The first-order valence-electron chi connectivity index (χ1n) is 10.8. The van der Waals surface area contributed by atoms with Gasteiger partial charge in [-0.3, -0.25) is 13.5 Å². The van der Waals surface area contributed by atoms with Crippen LogP contribution in [0.25, 0.3) is 39.2 Å². The average molecular weight is 421 g/mol. The van der Waals surface area contributed by atoms with Crippen LogP contribution in [0.2, 0.25) is 0 Å². The molecule has 32 heavy (non-hydrogen) atoms. The third kappa shape index (κ3) is 2.43. The lowest BCUT2D eigenvalue weighted by atomic mass is 10.1. The Morgan fingerprint density at radius 2 is 1.47 bits per heavy atom. The number of rotatable bonds is 2. The van der Waals surface area contributed by atoms with Gasteiger partial charge in [0, 0.05) is 5.69 Å². The van der Waals surface area contributed by atoms with Gasteiger partial charge in [0.25, 0.3) is 0 Å². The molecule has 0 aliphatic rings. The number of fused-ring (bicyclic) bond motifs is 4. The SMILES string of the molecule is Cc1nc(C)c2nc(C)n(-c3c(C)cccc3-n3c4ccccc4n4c(C)ccc34)c2n1. The van der Waals surface area contributed by atoms with Crippen LogP contribution in [0.3, 0.4) is 0 Å². The zero-order valence-corrected chi connectivity index (χ0v) is 18.9. The van der Waals surface area contributed by atoms with Crippen molar-refractivity contribution in [3.05, 3.63) is 83.2 Å². The molecule has 0 fully saturated rings. The molecular weight excluding hydrogens is 396 g/mol. The molecule has 0 atom stereocenters. The zero-order valence-electron chi connectivity index (χ0n) is 18.9. The summed E-state index contributed by atoms with van der Waals surface area (Å²) in [6, 6.07) is 19.4. The van der Waals surface area contributed by atoms with Crippen LogP contribution in [0.4, 0.5) is 0 Å². The van der Waals surface area contributed by atoms with Gasteiger partial charge in [-0.2, -0.15) is 0 Å². The van der Waals surface area contributed by atoms with Crippen molar-refractivity contribution in [2.75, 3.05) is 0 Å². The Bertz CT molecular complexity index is 1680. The first-order chi connectivity index (χ1) is 15.5. The largest absolute Gasteiger partial charge is 0.298 e. The Balaban J connectivity index is 1.78. The van der Waals surface area contributed by atoms with Gasteiger partial charge in [-0.15, -0.1) is 0 Å². The summed E-state index contributed by atoms with van der Waals surface area (Å²) in [5.74, 6) is 1.65. The van der Waals surface area contributed by atoms with E-state index >= 15 is 0 Å². The number of benzene rings is 2. The van der Waals surface area contributed by atoms with E-state index in [4.69, 9.17) is 9.97 Å². The van der Waals surface area contributed by atoms with Gasteiger partial charge in [-0.1, -0.05) is 24.3 Å². The fourth-order valence-corrected chi connectivity index (χ4v) is 4.95. The minimum Gasteiger partial charge on any atom is -0.298 e. The molecule has 158 valence electrons. The molecule has 0 saturated heterocycles. The minimum atomic E-state index is 0.752. The molecule has 0 bridgehead atoms. The maximum absolute atomic E-state index is 4.85. The van der Waals surface area contributed by atoms with E-state index in [1.807, 2.05) is 20.8 Å². The van der Waals surface area contributed by atoms with Crippen LogP contribution >= 0.6 is 0 Å². The fraction of sp³-hybridized carbons (Fsp3) is 0.192. The molecule has 0 aliphatic heterocycles. The zero-order chi connectivity index (χ0) is 22.1. The van der Waals surface area contributed by atoms with Gasteiger partial charge in [-0.25, -0.2) is 15.0 Å². The van der Waals surface area contributed by atoms with E-state index in [1.165, 1.54) is 16.7 Å². The summed E-state index contributed by atoms with van der Waals surface area (Å²) in [6.45, 7) is 10.3.